The zero-order valence-electron chi connectivity index (χ0n) is 16.1. The fourth-order valence-electron chi connectivity index (χ4n) is 2.84. The summed E-state index contributed by atoms with van der Waals surface area (Å²) in [5.74, 6) is -0.860. The van der Waals surface area contributed by atoms with Crippen molar-refractivity contribution in [3.63, 3.8) is 0 Å². The SMILES string of the molecule is CC(C)(O)c1ccc(C(=O)Nc2ccc(OC(F)(F)F)cc2)cc1-c1cncnc1. The Balaban J connectivity index is 1.86. The minimum atomic E-state index is -4.79. The highest BCUT2D eigenvalue weighted by molar-refractivity contribution is 6.05. The smallest absolute Gasteiger partial charge is 0.406 e. The normalized spacial score (nSPS) is 11.8. The maximum absolute atomic E-state index is 12.7. The van der Waals surface area contributed by atoms with Crippen LogP contribution in [0.2, 0.25) is 0 Å². The number of aliphatic hydroxyl groups is 1. The third kappa shape index (κ3) is 5.32. The number of amides is 1. The molecule has 3 aromatic rings. The largest absolute Gasteiger partial charge is 0.573 e. The zero-order valence-corrected chi connectivity index (χ0v) is 16.1. The predicted octanol–water partition coefficient (Wildman–Crippen LogP) is 4.52. The molecule has 3 rings (SSSR count). The van der Waals surface area contributed by atoms with E-state index in [9.17, 15) is 23.1 Å². The van der Waals surface area contributed by atoms with Crippen LogP contribution in [0.3, 0.4) is 0 Å². The van der Waals surface area contributed by atoms with Gasteiger partial charge in [-0.2, -0.15) is 0 Å². The number of nitrogens with zero attached hydrogens (tertiary/aromatic N) is 2. The first-order chi connectivity index (χ1) is 14.0. The van der Waals surface area contributed by atoms with Crippen LogP contribution in [-0.2, 0) is 5.60 Å². The van der Waals surface area contributed by atoms with Crippen molar-refractivity contribution < 1.29 is 27.8 Å². The second kappa shape index (κ2) is 8.11. The van der Waals surface area contributed by atoms with Gasteiger partial charge in [-0.1, -0.05) is 6.07 Å². The first-order valence-corrected chi connectivity index (χ1v) is 8.82. The molecule has 0 saturated heterocycles. The fraction of sp³-hybridized carbons (Fsp3) is 0.190. The van der Waals surface area contributed by atoms with Gasteiger partial charge < -0.3 is 15.2 Å². The summed E-state index contributed by atoms with van der Waals surface area (Å²) in [7, 11) is 0. The number of hydrogen-bond donors (Lipinski definition) is 2. The number of anilines is 1. The summed E-state index contributed by atoms with van der Waals surface area (Å²) in [6, 6.07) is 9.60. The Labute approximate surface area is 170 Å². The minimum absolute atomic E-state index is 0.289. The summed E-state index contributed by atoms with van der Waals surface area (Å²) >= 11 is 0. The Kier molecular flexibility index (Phi) is 5.75. The van der Waals surface area contributed by atoms with Crippen molar-refractivity contribution in [1.82, 2.24) is 9.97 Å². The molecular formula is C21H18F3N3O3. The standard InChI is InChI=1S/C21H18F3N3O3/c1-20(2,29)18-8-3-13(9-17(18)14-10-25-12-26-11-14)19(28)27-15-4-6-16(7-5-15)30-21(22,23)24/h3-12,29H,1-2H3,(H,27,28). The number of aromatic nitrogens is 2. The molecule has 0 atom stereocenters. The molecule has 1 heterocycles. The Morgan fingerprint density at radius 2 is 1.67 bits per heavy atom. The van der Waals surface area contributed by atoms with E-state index in [1.807, 2.05) is 0 Å². The molecule has 1 amide bonds. The third-order valence-corrected chi connectivity index (χ3v) is 4.16. The Morgan fingerprint density at radius 1 is 1.03 bits per heavy atom. The van der Waals surface area contributed by atoms with Crippen molar-refractivity contribution in [2.45, 2.75) is 25.8 Å². The molecule has 0 spiro atoms. The van der Waals surface area contributed by atoms with Crippen molar-refractivity contribution >= 4 is 11.6 Å². The van der Waals surface area contributed by atoms with Gasteiger partial charge in [0.1, 0.15) is 12.1 Å². The van der Waals surface area contributed by atoms with E-state index in [4.69, 9.17) is 0 Å². The summed E-state index contributed by atoms with van der Waals surface area (Å²) in [4.78, 5) is 20.6. The van der Waals surface area contributed by atoms with Gasteiger partial charge in [-0.05, 0) is 61.4 Å². The van der Waals surface area contributed by atoms with E-state index in [1.54, 1.807) is 44.4 Å². The van der Waals surface area contributed by atoms with Crippen LogP contribution < -0.4 is 10.1 Å². The van der Waals surface area contributed by atoms with Crippen molar-refractivity contribution in [3.8, 4) is 16.9 Å². The summed E-state index contributed by atoms with van der Waals surface area (Å²) in [5, 5.41) is 13.1. The first kappa shape index (κ1) is 21.3. The van der Waals surface area contributed by atoms with Crippen LogP contribution in [0, 0.1) is 0 Å². The van der Waals surface area contributed by atoms with Crippen molar-refractivity contribution in [3.05, 3.63) is 72.3 Å². The maximum Gasteiger partial charge on any atom is 0.573 e. The lowest BCUT2D eigenvalue weighted by Gasteiger charge is -2.22. The van der Waals surface area contributed by atoms with E-state index in [0.29, 0.717) is 22.4 Å². The van der Waals surface area contributed by atoms with E-state index in [2.05, 4.69) is 20.0 Å². The Bertz CT molecular complexity index is 1030. The van der Waals surface area contributed by atoms with E-state index < -0.39 is 17.9 Å². The van der Waals surface area contributed by atoms with Crippen LogP contribution in [0.15, 0.2) is 61.2 Å². The van der Waals surface area contributed by atoms with Gasteiger partial charge in [0.15, 0.2) is 0 Å². The molecule has 0 bridgehead atoms. The Hall–Kier alpha value is -3.46. The third-order valence-electron chi connectivity index (χ3n) is 4.16. The molecular weight excluding hydrogens is 399 g/mol. The highest BCUT2D eigenvalue weighted by Crippen LogP contribution is 2.32. The predicted molar refractivity (Wildman–Crippen MR) is 104 cm³/mol. The molecule has 0 saturated carbocycles. The number of carbonyl (C=O) groups is 1. The van der Waals surface area contributed by atoms with Gasteiger partial charge in [-0.15, -0.1) is 13.2 Å². The maximum atomic E-state index is 12.7. The number of benzene rings is 2. The second-order valence-corrected chi connectivity index (χ2v) is 6.97. The molecule has 0 unspecified atom stereocenters. The van der Waals surface area contributed by atoms with Gasteiger partial charge in [0.05, 0.1) is 5.60 Å². The average molecular weight is 417 g/mol. The molecule has 156 valence electrons. The monoisotopic (exact) mass is 417 g/mol. The van der Waals surface area contributed by atoms with Crippen molar-refractivity contribution in [1.29, 1.82) is 0 Å². The van der Waals surface area contributed by atoms with Gasteiger partial charge in [0.2, 0.25) is 0 Å². The molecule has 9 heteroatoms. The number of halogens is 3. The van der Waals surface area contributed by atoms with Crippen LogP contribution in [0.4, 0.5) is 18.9 Å². The number of nitrogens with one attached hydrogen (secondary N) is 1. The van der Waals surface area contributed by atoms with Gasteiger partial charge in [-0.3, -0.25) is 4.79 Å². The fourth-order valence-corrected chi connectivity index (χ4v) is 2.84. The number of hydrogen-bond acceptors (Lipinski definition) is 5. The molecule has 2 N–H and O–H groups in total. The van der Waals surface area contributed by atoms with Crippen LogP contribution in [0.5, 0.6) is 5.75 Å². The topological polar surface area (TPSA) is 84.3 Å². The molecule has 0 aliphatic carbocycles. The average Bonchev–Trinajstić information content (AvgIpc) is 2.68. The summed E-state index contributed by atoms with van der Waals surface area (Å²) < 4.78 is 40.6. The molecule has 1 aromatic heterocycles. The number of ether oxygens (including phenoxy) is 1. The number of carbonyl (C=O) groups excluding carboxylic acids is 1. The van der Waals surface area contributed by atoms with E-state index in [0.717, 1.165) is 12.1 Å². The zero-order chi connectivity index (χ0) is 21.9. The van der Waals surface area contributed by atoms with E-state index >= 15 is 0 Å². The molecule has 30 heavy (non-hydrogen) atoms. The van der Waals surface area contributed by atoms with Gasteiger partial charge >= 0.3 is 6.36 Å². The highest BCUT2D eigenvalue weighted by Gasteiger charge is 2.31. The summed E-state index contributed by atoms with van der Waals surface area (Å²) in [6.07, 6.45) is -0.280. The molecule has 2 aromatic carbocycles. The lowest BCUT2D eigenvalue weighted by atomic mass is 9.89. The van der Waals surface area contributed by atoms with Crippen LogP contribution in [0.25, 0.3) is 11.1 Å². The van der Waals surface area contributed by atoms with Crippen LogP contribution in [0.1, 0.15) is 29.8 Å². The Morgan fingerprint density at radius 3 is 2.23 bits per heavy atom. The first-order valence-electron chi connectivity index (χ1n) is 8.82. The van der Waals surface area contributed by atoms with E-state index in [1.165, 1.54) is 18.5 Å². The van der Waals surface area contributed by atoms with Gasteiger partial charge in [-0.25, -0.2) is 9.97 Å². The highest BCUT2D eigenvalue weighted by atomic mass is 19.4. The molecule has 6 nitrogen and oxygen atoms in total. The lowest BCUT2D eigenvalue weighted by Crippen LogP contribution is -2.18. The van der Waals surface area contributed by atoms with Crippen molar-refractivity contribution in [2.24, 2.45) is 0 Å². The molecule has 0 radical (unpaired) electrons. The minimum Gasteiger partial charge on any atom is -0.406 e. The summed E-state index contributed by atoms with van der Waals surface area (Å²) in [5.41, 5.74) is 1.21. The summed E-state index contributed by atoms with van der Waals surface area (Å²) in [6.45, 7) is 3.25. The quantitative estimate of drug-likeness (QED) is 0.638. The lowest BCUT2D eigenvalue weighted by molar-refractivity contribution is -0.274. The number of rotatable bonds is 5. The molecule has 0 aliphatic heterocycles. The van der Waals surface area contributed by atoms with Crippen LogP contribution >= 0.6 is 0 Å². The van der Waals surface area contributed by atoms with Crippen LogP contribution in [-0.4, -0.2) is 27.3 Å². The van der Waals surface area contributed by atoms with E-state index in [-0.39, 0.29) is 11.3 Å². The molecule has 0 aliphatic rings. The van der Waals surface area contributed by atoms with Crippen molar-refractivity contribution in [2.75, 3.05) is 5.32 Å². The molecule has 0 fully saturated rings. The van der Waals surface area contributed by atoms with Gasteiger partial charge in [0, 0.05) is 29.2 Å². The number of alkyl halides is 3. The van der Waals surface area contributed by atoms with Gasteiger partial charge in [0.25, 0.3) is 5.91 Å². The second-order valence-electron chi connectivity index (χ2n) is 6.97.